The number of oxime groups is 1. The number of hydrogen-bond donors (Lipinski definition) is 1. The molecule has 0 rings (SSSR count). The first-order chi connectivity index (χ1) is 6.16. The van der Waals surface area contributed by atoms with E-state index in [0.29, 0.717) is 5.92 Å². The van der Waals surface area contributed by atoms with E-state index in [2.05, 4.69) is 32.0 Å². The molecular weight excluding hydrogens is 162 g/mol. The number of hydrogen-bond acceptors (Lipinski definition) is 2. The quantitative estimate of drug-likeness (QED) is 0.300. The predicted octanol–water partition coefficient (Wildman–Crippen LogP) is 3.39. The second-order valence-electron chi connectivity index (χ2n) is 3.49. The Bertz CT molecular complexity index is 200. The van der Waals surface area contributed by atoms with E-state index < -0.39 is 0 Å². The molecule has 0 aromatic rings. The van der Waals surface area contributed by atoms with Crippen molar-refractivity contribution in [2.24, 2.45) is 11.1 Å². The van der Waals surface area contributed by atoms with Crippen LogP contribution < -0.4 is 0 Å². The van der Waals surface area contributed by atoms with Crippen molar-refractivity contribution in [2.45, 2.75) is 33.6 Å². The third-order valence-electron chi connectivity index (χ3n) is 1.77. The lowest BCUT2D eigenvalue weighted by molar-refractivity contribution is 0.322. The number of allylic oxidation sites excluding steroid dienone is 4. The van der Waals surface area contributed by atoms with E-state index in [1.807, 2.05) is 6.08 Å². The summed E-state index contributed by atoms with van der Waals surface area (Å²) in [7, 11) is 0. The molecule has 0 aliphatic heterocycles. The Morgan fingerprint density at radius 2 is 2.15 bits per heavy atom. The largest absolute Gasteiger partial charge is 0.411 e. The minimum atomic E-state index is 0.536. The average molecular weight is 181 g/mol. The maximum absolute atomic E-state index is 8.14. The molecular formula is C11H19NO. The molecule has 2 nitrogen and oxygen atoms in total. The molecule has 0 aliphatic rings. The molecule has 0 saturated carbocycles. The zero-order chi connectivity index (χ0) is 10.1. The molecule has 0 fully saturated rings. The van der Waals surface area contributed by atoms with E-state index in [1.165, 1.54) is 11.8 Å². The summed E-state index contributed by atoms with van der Waals surface area (Å²) < 4.78 is 0. The molecule has 0 saturated heterocycles. The highest BCUT2D eigenvalue weighted by Crippen LogP contribution is 2.08. The van der Waals surface area contributed by atoms with Gasteiger partial charge in [-0.2, -0.15) is 0 Å². The van der Waals surface area contributed by atoms with Crippen molar-refractivity contribution in [2.75, 3.05) is 0 Å². The Hall–Kier alpha value is -1.05. The third-order valence-corrected chi connectivity index (χ3v) is 1.77. The van der Waals surface area contributed by atoms with Crippen LogP contribution in [0.25, 0.3) is 0 Å². The second-order valence-corrected chi connectivity index (χ2v) is 3.49. The molecule has 13 heavy (non-hydrogen) atoms. The van der Waals surface area contributed by atoms with Crippen molar-refractivity contribution in [3.8, 4) is 0 Å². The van der Waals surface area contributed by atoms with Gasteiger partial charge in [-0.25, -0.2) is 0 Å². The van der Waals surface area contributed by atoms with E-state index in [-0.39, 0.29) is 0 Å². The van der Waals surface area contributed by atoms with Crippen LogP contribution in [-0.2, 0) is 0 Å². The number of nitrogens with zero attached hydrogens (tertiary/aromatic N) is 1. The third kappa shape index (κ3) is 8.86. The van der Waals surface area contributed by atoms with Crippen LogP contribution in [0.1, 0.15) is 33.6 Å². The van der Waals surface area contributed by atoms with Gasteiger partial charge in [-0.15, -0.1) is 0 Å². The summed E-state index contributed by atoms with van der Waals surface area (Å²) in [6.45, 7) is 6.37. The van der Waals surface area contributed by atoms with Gasteiger partial charge in [-0.05, 0) is 38.7 Å². The van der Waals surface area contributed by atoms with Gasteiger partial charge in [0.2, 0.25) is 0 Å². The first-order valence-electron chi connectivity index (χ1n) is 4.64. The van der Waals surface area contributed by atoms with Gasteiger partial charge < -0.3 is 5.21 Å². The van der Waals surface area contributed by atoms with Crippen molar-refractivity contribution < 1.29 is 5.21 Å². The Morgan fingerprint density at radius 3 is 2.69 bits per heavy atom. The number of rotatable bonds is 5. The summed E-state index contributed by atoms with van der Waals surface area (Å²) in [5.74, 6) is 0.536. The lowest BCUT2D eigenvalue weighted by Gasteiger charge is -2.02. The molecule has 0 bridgehead atoms. The standard InChI is InChI=1S/C11H19NO/c1-10(2)6-4-7-11(3)8-5-9-12-13/h5-6,8-9,11,13H,4,7H2,1-3H3/b8-5+,12-9+. The monoisotopic (exact) mass is 181 g/mol. The first kappa shape index (κ1) is 11.9. The Balaban J connectivity index is 3.63. The fourth-order valence-corrected chi connectivity index (χ4v) is 1.01. The minimum absolute atomic E-state index is 0.536. The minimum Gasteiger partial charge on any atom is -0.411 e. The SMILES string of the molecule is CC(C)=CCCC(C)/C=C/C=N/O. The highest BCUT2D eigenvalue weighted by molar-refractivity contribution is 5.70. The lowest BCUT2D eigenvalue weighted by atomic mass is 10.0. The molecule has 0 aromatic carbocycles. The molecule has 1 unspecified atom stereocenters. The fraction of sp³-hybridized carbons (Fsp3) is 0.545. The van der Waals surface area contributed by atoms with Crippen molar-refractivity contribution >= 4 is 6.21 Å². The molecule has 74 valence electrons. The first-order valence-corrected chi connectivity index (χ1v) is 4.64. The zero-order valence-corrected chi connectivity index (χ0v) is 8.70. The van der Waals surface area contributed by atoms with Gasteiger partial charge >= 0.3 is 0 Å². The molecule has 1 atom stereocenters. The van der Waals surface area contributed by atoms with Crippen LogP contribution in [-0.4, -0.2) is 11.4 Å². The topological polar surface area (TPSA) is 32.6 Å². The smallest absolute Gasteiger partial charge is 0.0658 e. The van der Waals surface area contributed by atoms with Crippen molar-refractivity contribution in [3.05, 3.63) is 23.8 Å². The van der Waals surface area contributed by atoms with Gasteiger partial charge in [0.15, 0.2) is 0 Å². The Kier molecular flexibility index (Phi) is 6.98. The highest BCUT2D eigenvalue weighted by Gasteiger charge is 1.93. The Morgan fingerprint density at radius 1 is 1.46 bits per heavy atom. The molecule has 0 heterocycles. The predicted molar refractivity (Wildman–Crippen MR) is 57.2 cm³/mol. The van der Waals surface area contributed by atoms with Crippen LogP contribution >= 0.6 is 0 Å². The van der Waals surface area contributed by atoms with E-state index in [9.17, 15) is 0 Å². The molecule has 1 N–H and O–H groups in total. The highest BCUT2D eigenvalue weighted by atomic mass is 16.4. The molecule has 0 radical (unpaired) electrons. The summed E-state index contributed by atoms with van der Waals surface area (Å²) in [6.07, 6.45) is 9.69. The van der Waals surface area contributed by atoms with Gasteiger partial charge in [0.1, 0.15) is 0 Å². The van der Waals surface area contributed by atoms with Crippen molar-refractivity contribution in [1.29, 1.82) is 0 Å². The van der Waals surface area contributed by atoms with E-state index in [4.69, 9.17) is 5.21 Å². The lowest BCUT2D eigenvalue weighted by Crippen LogP contribution is -1.88. The van der Waals surface area contributed by atoms with Crippen LogP contribution in [0, 0.1) is 5.92 Å². The van der Waals surface area contributed by atoms with Gasteiger partial charge in [-0.3, -0.25) is 0 Å². The maximum atomic E-state index is 8.14. The fourth-order valence-electron chi connectivity index (χ4n) is 1.01. The van der Waals surface area contributed by atoms with Gasteiger partial charge in [-0.1, -0.05) is 29.8 Å². The Labute approximate surface area is 80.7 Å². The van der Waals surface area contributed by atoms with Crippen molar-refractivity contribution in [3.63, 3.8) is 0 Å². The van der Waals surface area contributed by atoms with E-state index in [0.717, 1.165) is 12.8 Å². The molecule has 0 amide bonds. The molecule has 0 spiro atoms. The summed E-state index contributed by atoms with van der Waals surface area (Å²) >= 11 is 0. The maximum Gasteiger partial charge on any atom is 0.0658 e. The van der Waals surface area contributed by atoms with Crippen LogP contribution in [0.3, 0.4) is 0 Å². The summed E-state index contributed by atoms with van der Waals surface area (Å²) in [4.78, 5) is 0. The second kappa shape index (κ2) is 7.59. The van der Waals surface area contributed by atoms with Crippen LogP contribution in [0.4, 0.5) is 0 Å². The normalized spacial score (nSPS) is 13.8. The van der Waals surface area contributed by atoms with Gasteiger partial charge in [0.25, 0.3) is 0 Å². The van der Waals surface area contributed by atoms with Crippen molar-refractivity contribution in [1.82, 2.24) is 0 Å². The summed E-state index contributed by atoms with van der Waals surface area (Å²) in [5.41, 5.74) is 1.37. The van der Waals surface area contributed by atoms with Gasteiger partial charge in [0.05, 0.1) is 6.21 Å². The van der Waals surface area contributed by atoms with Crippen LogP contribution in [0.5, 0.6) is 0 Å². The average Bonchev–Trinajstić information content (AvgIpc) is 2.04. The summed E-state index contributed by atoms with van der Waals surface area (Å²) in [5, 5.41) is 11.0. The molecule has 0 aromatic heterocycles. The zero-order valence-electron chi connectivity index (χ0n) is 8.70. The van der Waals surface area contributed by atoms with Crippen LogP contribution in [0.2, 0.25) is 0 Å². The van der Waals surface area contributed by atoms with Gasteiger partial charge in [0, 0.05) is 0 Å². The molecule has 0 aliphatic carbocycles. The van der Waals surface area contributed by atoms with E-state index >= 15 is 0 Å². The van der Waals surface area contributed by atoms with E-state index in [1.54, 1.807) is 6.08 Å². The molecule has 2 heteroatoms. The summed E-state index contributed by atoms with van der Waals surface area (Å²) in [6, 6.07) is 0. The van der Waals surface area contributed by atoms with Crippen LogP contribution in [0.15, 0.2) is 29.0 Å².